The lowest BCUT2D eigenvalue weighted by atomic mass is 10.5. The topological polar surface area (TPSA) is 31.0 Å². The average Bonchev–Trinajstić information content (AvgIpc) is 2.44. The molecule has 0 amide bonds. The number of epoxide rings is 1. The number of hydrogen-bond donors (Lipinski definition) is 0. The second kappa shape index (κ2) is 3.22. The van der Waals surface area contributed by atoms with Crippen LogP contribution in [0.2, 0.25) is 13.1 Å². The van der Waals surface area contributed by atoms with Crippen molar-refractivity contribution in [3.63, 3.8) is 0 Å². The lowest BCUT2D eigenvalue weighted by Crippen LogP contribution is -2.36. The monoisotopic (exact) mass is 176 g/mol. The Balaban J connectivity index is 2.22. The third-order valence-electron chi connectivity index (χ3n) is 1.55. The highest BCUT2D eigenvalue weighted by atomic mass is 28.4. The Kier molecular flexibility index (Phi) is 2.69. The number of rotatable bonds is 4. The van der Waals surface area contributed by atoms with Crippen LogP contribution in [-0.4, -0.2) is 27.6 Å². The highest BCUT2D eigenvalue weighted by Gasteiger charge is 2.41. The molecule has 0 N–H and O–H groups in total. The van der Waals surface area contributed by atoms with Crippen molar-refractivity contribution < 1.29 is 13.6 Å². The van der Waals surface area contributed by atoms with Crippen molar-refractivity contribution in [2.45, 2.75) is 39.3 Å². The lowest BCUT2D eigenvalue weighted by Gasteiger charge is -2.20. The standard InChI is InChI=1S/C7H16O3Si/c1-5-8-11(3,4)10-7-6(2)9-7/h6-7H,5H2,1-4H3. The van der Waals surface area contributed by atoms with Crippen LogP contribution in [0.15, 0.2) is 0 Å². The van der Waals surface area contributed by atoms with Crippen molar-refractivity contribution in [1.29, 1.82) is 0 Å². The van der Waals surface area contributed by atoms with Crippen LogP contribution >= 0.6 is 0 Å². The summed E-state index contributed by atoms with van der Waals surface area (Å²) in [4.78, 5) is 0. The van der Waals surface area contributed by atoms with Crippen LogP contribution in [0.25, 0.3) is 0 Å². The summed E-state index contributed by atoms with van der Waals surface area (Å²) in [6.45, 7) is 8.77. The Morgan fingerprint density at radius 2 is 2.00 bits per heavy atom. The molecule has 0 aliphatic carbocycles. The molecule has 1 heterocycles. The zero-order valence-corrected chi connectivity index (χ0v) is 8.59. The van der Waals surface area contributed by atoms with E-state index in [0.717, 1.165) is 6.61 Å². The van der Waals surface area contributed by atoms with Gasteiger partial charge in [-0.3, -0.25) is 0 Å². The molecule has 1 fully saturated rings. The molecule has 1 rings (SSSR count). The van der Waals surface area contributed by atoms with Crippen LogP contribution in [0.3, 0.4) is 0 Å². The first-order valence-corrected chi connectivity index (χ1v) is 6.84. The normalized spacial score (nSPS) is 30.5. The van der Waals surface area contributed by atoms with E-state index in [4.69, 9.17) is 13.6 Å². The zero-order valence-electron chi connectivity index (χ0n) is 7.59. The van der Waals surface area contributed by atoms with Gasteiger partial charge < -0.3 is 13.6 Å². The molecule has 0 saturated carbocycles. The summed E-state index contributed by atoms with van der Waals surface area (Å²) in [5, 5.41) is 0. The van der Waals surface area contributed by atoms with E-state index >= 15 is 0 Å². The van der Waals surface area contributed by atoms with E-state index in [0.29, 0.717) is 0 Å². The first-order chi connectivity index (χ1) is 5.05. The fourth-order valence-electron chi connectivity index (χ4n) is 0.951. The first kappa shape index (κ1) is 9.19. The van der Waals surface area contributed by atoms with Gasteiger partial charge in [0.15, 0.2) is 6.29 Å². The molecular formula is C7H16O3Si. The summed E-state index contributed by atoms with van der Waals surface area (Å²) >= 11 is 0. The molecule has 0 aromatic carbocycles. The largest absolute Gasteiger partial charge is 0.395 e. The van der Waals surface area contributed by atoms with E-state index in [9.17, 15) is 0 Å². The summed E-state index contributed by atoms with van der Waals surface area (Å²) in [5.74, 6) is 0. The molecule has 2 atom stereocenters. The van der Waals surface area contributed by atoms with Crippen LogP contribution in [-0.2, 0) is 13.6 Å². The quantitative estimate of drug-likeness (QED) is 0.480. The molecule has 1 saturated heterocycles. The number of hydrogen-bond acceptors (Lipinski definition) is 3. The lowest BCUT2D eigenvalue weighted by molar-refractivity contribution is 0.116. The van der Waals surface area contributed by atoms with Gasteiger partial charge in [-0.2, -0.15) is 0 Å². The van der Waals surface area contributed by atoms with E-state index in [-0.39, 0.29) is 12.4 Å². The van der Waals surface area contributed by atoms with Gasteiger partial charge >= 0.3 is 8.56 Å². The van der Waals surface area contributed by atoms with Gasteiger partial charge in [0.1, 0.15) is 6.10 Å². The van der Waals surface area contributed by atoms with Crippen molar-refractivity contribution in [3.8, 4) is 0 Å². The molecule has 11 heavy (non-hydrogen) atoms. The number of ether oxygens (including phenoxy) is 1. The van der Waals surface area contributed by atoms with Gasteiger partial charge in [-0.15, -0.1) is 0 Å². The predicted molar refractivity (Wildman–Crippen MR) is 44.5 cm³/mol. The van der Waals surface area contributed by atoms with Crippen LogP contribution in [0.1, 0.15) is 13.8 Å². The first-order valence-electron chi connectivity index (χ1n) is 4.02. The van der Waals surface area contributed by atoms with Crippen molar-refractivity contribution in [2.24, 2.45) is 0 Å². The maximum absolute atomic E-state index is 5.60. The highest BCUT2D eigenvalue weighted by molar-refractivity contribution is 6.64. The van der Waals surface area contributed by atoms with E-state index in [2.05, 4.69) is 0 Å². The van der Waals surface area contributed by atoms with Gasteiger partial charge in [0, 0.05) is 6.61 Å². The van der Waals surface area contributed by atoms with Gasteiger partial charge in [0.2, 0.25) is 0 Å². The van der Waals surface area contributed by atoms with Gasteiger partial charge in [0.25, 0.3) is 0 Å². The third kappa shape index (κ3) is 2.90. The van der Waals surface area contributed by atoms with Crippen LogP contribution in [0, 0.1) is 0 Å². The van der Waals surface area contributed by atoms with Crippen molar-refractivity contribution in [2.75, 3.05) is 6.61 Å². The van der Waals surface area contributed by atoms with Gasteiger partial charge in [0.05, 0.1) is 0 Å². The summed E-state index contributed by atoms with van der Waals surface area (Å²) in [6.07, 6.45) is 0.269. The fraction of sp³-hybridized carbons (Fsp3) is 1.00. The molecule has 66 valence electrons. The molecule has 3 nitrogen and oxygen atoms in total. The minimum absolute atomic E-state index is 0.00298. The Bertz CT molecular complexity index is 138. The minimum atomic E-state index is -1.87. The van der Waals surface area contributed by atoms with Gasteiger partial charge in [-0.05, 0) is 26.9 Å². The Hall–Kier alpha value is 0.0969. The van der Waals surface area contributed by atoms with Crippen molar-refractivity contribution in [3.05, 3.63) is 0 Å². The fourth-order valence-corrected chi connectivity index (χ4v) is 2.52. The molecular weight excluding hydrogens is 160 g/mol. The molecule has 0 aromatic heterocycles. The van der Waals surface area contributed by atoms with Crippen LogP contribution < -0.4 is 0 Å². The van der Waals surface area contributed by atoms with Crippen molar-refractivity contribution in [1.82, 2.24) is 0 Å². The second-order valence-electron chi connectivity index (χ2n) is 3.16. The van der Waals surface area contributed by atoms with Crippen molar-refractivity contribution >= 4 is 8.56 Å². The summed E-state index contributed by atoms with van der Waals surface area (Å²) in [7, 11) is -1.87. The van der Waals surface area contributed by atoms with Gasteiger partial charge in [-0.1, -0.05) is 0 Å². The maximum atomic E-state index is 5.60. The molecule has 2 unspecified atom stereocenters. The zero-order chi connectivity index (χ0) is 8.48. The summed E-state index contributed by atoms with van der Waals surface area (Å²) in [5.41, 5.74) is 0. The highest BCUT2D eigenvalue weighted by Crippen LogP contribution is 2.26. The van der Waals surface area contributed by atoms with Crippen LogP contribution in [0.5, 0.6) is 0 Å². The average molecular weight is 176 g/mol. The van der Waals surface area contributed by atoms with Crippen LogP contribution in [0.4, 0.5) is 0 Å². The third-order valence-corrected chi connectivity index (χ3v) is 3.33. The van der Waals surface area contributed by atoms with E-state index in [1.165, 1.54) is 0 Å². The molecule has 4 heteroatoms. The second-order valence-corrected chi connectivity index (χ2v) is 6.48. The Morgan fingerprint density at radius 3 is 2.36 bits per heavy atom. The summed E-state index contributed by atoms with van der Waals surface area (Å²) < 4.78 is 16.2. The molecule has 0 radical (unpaired) electrons. The molecule has 0 bridgehead atoms. The molecule has 0 aromatic rings. The van der Waals surface area contributed by atoms with E-state index in [1.807, 2.05) is 26.9 Å². The smallest absolute Gasteiger partial charge is 0.333 e. The Morgan fingerprint density at radius 1 is 1.45 bits per heavy atom. The SMILES string of the molecule is CCO[Si](C)(C)OC1OC1C. The molecule has 1 aliphatic rings. The minimum Gasteiger partial charge on any atom is -0.395 e. The predicted octanol–water partition coefficient (Wildman–Crippen LogP) is 1.49. The maximum Gasteiger partial charge on any atom is 0.333 e. The molecule has 1 aliphatic heterocycles. The summed E-state index contributed by atoms with van der Waals surface area (Å²) in [6, 6.07) is 0. The van der Waals surface area contributed by atoms with E-state index in [1.54, 1.807) is 0 Å². The van der Waals surface area contributed by atoms with E-state index < -0.39 is 8.56 Å². The molecule has 0 spiro atoms. The van der Waals surface area contributed by atoms with Gasteiger partial charge in [-0.25, -0.2) is 0 Å². The Labute approximate surface area is 68.9 Å².